The molecule has 152 valence electrons. The molecule has 4 rings (SSSR count). The first-order valence-electron chi connectivity index (χ1n) is 9.89. The number of nitrogens with zero attached hydrogens (tertiary/aromatic N) is 2. The fraction of sp³-hybridized carbons (Fsp3) is 0.600. The summed E-state index contributed by atoms with van der Waals surface area (Å²) in [5.74, 6) is -0.788. The van der Waals surface area contributed by atoms with Crippen molar-refractivity contribution in [2.45, 2.75) is 49.5 Å². The summed E-state index contributed by atoms with van der Waals surface area (Å²) >= 11 is 0. The summed E-state index contributed by atoms with van der Waals surface area (Å²) in [7, 11) is -3.56. The lowest BCUT2D eigenvalue weighted by atomic mass is 9.84. The molecule has 1 aromatic rings. The van der Waals surface area contributed by atoms with Crippen LogP contribution in [0.3, 0.4) is 0 Å². The van der Waals surface area contributed by atoms with E-state index in [0.717, 1.165) is 31.2 Å². The van der Waals surface area contributed by atoms with Crippen molar-refractivity contribution in [3.63, 3.8) is 0 Å². The average molecular weight is 407 g/mol. The zero-order valence-electron chi connectivity index (χ0n) is 16.1. The third kappa shape index (κ3) is 3.33. The third-order valence-corrected chi connectivity index (χ3v) is 8.19. The molecule has 0 radical (unpaired) electrons. The Morgan fingerprint density at radius 1 is 1.07 bits per heavy atom. The van der Waals surface area contributed by atoms with Gasteiger partial charge < -0.3 is 9.64 Å². The van der Waals surface area contributed by atoms with E-state index in [1.54, 1.807) is 29.2 Å². The predicted molar refractivity (Wildman–Crippen MR) is 102 cm³/mol. The number of sulfonamides is 1. The van der Waals surface area contributed by atoms with Crippen LogP contribution in [0.5, 0.6) is 0 Å². The second-order valence-electron chi connectivity index (χ2n) is 8.05. The van der Waals surface area contributed by atoms with Crippen molar-refractivity contribution < 1.29 is 22.7 Å². The van der Waals surface area contributed by atoms with Gasteiger partial charge in [0.25, 0.3) is 0 Å². The summed E-state index contributed by atoms with van der Waals surface area (Å²) < 4.78 is 32.7. The van der Waals surface area contributed by atoms with Crippen LogP contribution in [0.1, 0.15) is 37.7 Å². The van der Waals surface area contributed by atoms with Crippen molar-refractivity contribution in [2.24, 2.45) is 5.92 Å². The van der Waals surface area contributed by atoms with Crippen LogP contribution in [0.2, 0.25) is 0 Å². The molecule has 0 aromatic heterocycles. The minimum absolute atomic E-state index is 0.0693. The lowest BCUT2D eigenvalue weighted by Crippen LogP contribution is -2.54. The topological polar surface area (TPSA) is 84.0 Å². The number of rotatable bonds is 3. The highest BCUT2D eigenvalue weighted by molar-refractivity contribution is 7.89. The summed E-state index contributed by atoms with van der Waals surface area (Å²) in [5.41, 5.74) is 0.378. The van der Waals surface area contributed by atoms with Crippen LogP contribution >= 0.6 is 0 Å². The van der Waals surface area contributed by atoms with Crippen LogP contribution in [0.15, 0.2) is 29.2 Å². The minimum atomic E-state index is -3.56. The first kappa shape index (κ1) is 19.4. The largest absolute Gasteiger partial charge is 0.458 e. The molecule has 1 amide bonds. The fourth-order valence-electron chi connectivity index (χ4n) is 4.66. The smallest absolute Gasteiger partial charge is 0.307 e. The highest BCUT2D eigenvalue weighted by atomic mass is 32.2. The van der Waals surface area contributed by atoms with Gasteiger partial charge in [-0.05, 0) is 44.7 Å². The maximum atomic E-state index is 13.1. The Hall–Kier alpha value is -1.93. The summed E-state index contributed by atoms with van der Waals surface area (Å²) in [6, 6.07) is 6.80. The molecule has 2 aliphatic heterocycles. The Morgan fingerprint density at radius 3 is 2.29 bits per heavy atom. The molecule has 0 bridgehead atoms. The molecule has 2 heterocycles. The van der Waals surface area contributed by atoms with Crippen molar-refractivity contribution in [3.05, 3.63) is 29.8 Å². The SMILES string of the molecule is Cc1ccc(S(=O)(=O)N2CCN(C(=O)C3CC(=O)OC34CCCC4)CC2)cc1. The van der Waals surface area contributed by atoms with Gasteiger partial charge in [-0.25, -0.2) is 8.42 Å². The number of esters is 1. The van der Waals surface area contributed by atoms with Crippen molar-refractivity contribution >= 4 is 21.9 Å². The van der Waals surface area contributed by atoms with Gasteiger partial charge in [0.2, 0.25) is 15.9 Å². The van der Waals surface area contributed by atoms with Crippen LogP contribution < -0.4 is 0 Å². The Labute approximate surface area is 165 Å². The Balaban J connectivity index is 1.43. The number of piperazine rings is 1. The van der Waals surface area contributed by atoms with E-state index in [4.69, 9.17) is 4.74 Å². The molecule has 8 heteroatoms. The number of benzene rings is 1. The predicted octanol–water partition coefficient (Wildman–Crippen LogP) is 1.70. The van der Waals surface area contributed by atoms with E-state index in [-0.39, 0.29) is 36.3 Å². The van der Waals surface area contributed by atoms with Gasteiger partial charge in [-0.3, -0.25) is 9.59 Å². The Morgan fingerprint density at radius 2 is 1.68 bits per heavy atom. The molecule has 2 saturated heterocycles. The molecule has 3 fully saturated rings. The van der Waals surface area contributed by atoms with Crippen molar-refractivity contribution in [2.75, 3.05) is 26.2 Å². The quantitative estimate of drug-likeness (QED) is 0.714. The molecule has 1 aliphatic carbocycles. The summed E-state index contributed by atoms with van der Waals surface area (Å²) in [5, 5.41) is 0. The molecule has 1 spiro atoms. The standard InChI is InChI=1S/C20H26N2O5S/c1-15-4-6-16(7-5-15)28(25,26)22-12-10-21(11-13-22)19(24)17-14-18(23)27-20(17)8-2-3-9-20/h4-7,17H,2-3,8-14H2,1H3. The van der Waals surface area contributed by atoms with Crippen LogP contribution in [0.25, 0.3) is 0 Å². The number of ether oxygens (including phenoxy) is 1. The summed E-state index contributed by atoms with van der Waals surface area (Å²) in [6.45, 7) is 3.11. The van der Waals surface area contributed by atoms with Gasteiger partial charge in [-0.15, -0.1) is 0 Å². The van der Waals surface area contributed by atoms with E-state index in [9.17, 15) is 18.0 Å². The molecule has 0 N–H and O–H groups in total. The second kappa shape index (κ2) is 7.15. The number of carbonyl (C=O) groups is 2. The van der Waals surface area contributed by atoms with Gasteiger partial charge in [-0.2, -0.15) is 4.31 Å². The van der Waals surface area contributed by atoms with Crippen molar-refractivity contribution in [1.82, 2.24) is 9.21 Å². The maximum Gasteiger partial charge on any atom is 0.307 e. The normalized spacial score (nSPS) is 25.2. The maximum absolute atomic E-state index is 13.1. The van der Waals surface area contributed by atoms with Gasteiger partial charge >= 0.3 is 5.97 Å². The van der Waals surface area contributed by atoms with E-state index in [1.165, 1.54) is 4.31 Å². The van der Waals surface area contributed by atoms with Gasteiger partial charge in [0.15, 0.2) is 0 Å². The molecule has 1 atom stereocenters. The van der Waals surface area contributed by atoms with E-state index in [1.807, 2.05) is 6.92 Å². The van der Waals surface area contributed by atoms with Crippen LogP contribution in [-0.4, -0.2) is 61.3 Å². The first-order chi connectivity index (χ1) is 13.3. The van der Waals surface area contributed by atoms with Crippen LogP contribution in [0.4, 0.5) is 0 Å². The number of hydrogen-bond acceptors (Lipinski definition) is 5. The molecule has 1 unspecified atom stereocenters. The third-order valence-electron chi connectivity index (χ3n) is 6.28. The lowest BCUT2D eigenvalue weighted by molar-refractivity contribution is -0.152. The van der Waals surface area contributed by atoms with Gasteiger partial charge in [0.05, 0.1) is 17.2 Å². The van der Waals surface area contributed by atoms with Gasteiger partial charge in [-0.1, -0.05) is 17.7 Å². The van der Waals surface area contributed by atoms with E-state index in [2.05, 4.69) is 0 Å². The highest BCUT2D eigenvalue weighted by Gasteiger charge is 2.55. The van der Waals surface area contributed by atoms with E-state index >= 15 is 0 Å². The molecular formula is C20H26N2O5S. The van der Waals surface area contributed by atoms with Gasteiger partial charge in [0.1, 0.15) is 5.60 Å². The zero-order chi connectivity index (χ0) is 19.9. The van der Waals surface area contributed by atoms with E-state index < -0.39 is 21.5 Å². The molecular weight excluding hydrogens is 380 g/mol. The molecule has 3 aliphatic rings. The van der Waals surface area contributed by atoms with E-state index in [0.29, 0.717) is 13.1 Å². The molecule has 1 aromatic carbocycles. The zero-order valence-corrected chi connectivity index (χ0v) is 16.9. The van der Waals surface area contributed by atoms with Gasteiger partial charge in [0, 0.05) is 26.2 Å². The van der Waals surface area contributed by atoms with Crippen LogP contribution in [-0.2, 0) is 24.3 Å². The monoisotopic (exact) mass is 406 g/mol. The number of amides is 1. The molecule has 1 saturated carbocycles. The molecule has 28 heavy (non-hydrogen) atoms. The van der Waals surface area contributed by atoms with Crippen LogP contribution in [0, 0.1) is 12.8 Å². The molecule has 7 nitrogen and oxygen atoms in total. The van der Waals surface area contributed by atoms with Crippen molar-refractivity contribution in [3.8, 4) is 0 Å². The minimum Gasteiger partial charge on any atom is -0.458 e. The second-order valence-corrected chi connectivity index (χ2v) is 9.98. The average Bonchev–Trinajstić information content (AvgIpc) is 3.28. The fourth-order valence-corrected chi connectivity index (χ4v) is 6.08. The number of aryl methyl sites for hydroxylation is 1. The van der Waals surface area contributed by atoms with Crippen molar-refractivity contribution in [1.29, 1.82) is 0 Å². The lowest BCUT2D eigenvalue weighted by Gasteiger charge is -2.37. The summed E-state index contributed by atoms with van der Waals surface area (Å²) in [6.07, 6.45) is 3.58. The number of hydrogen-bond donors (Lipinski definition) is 0. The number of carbonyl (C=O) groups excluding carboxylic acids is 2. The Bertz CT molecular complexity index is 866. The first-order valence-corrected chi connectivity index (χ1v) is 11.3. The Kier molecular flexibility index (Phi) is 4.95. The summed E-state index contributed by atoms with van der Waals surface area (Å²) in [4.78, 5) is 27.0. The highest BCUT2D eigenvalue weighted by Crippen LogP contribution is 2.46.